The second-order valence-corrected chi connectivity index (χ2v) is 6.67. The second-order valence-electron chi connectivity index (χ2n) is 6.26. The number of carbonyl (C=O) groups is 2. The van der Waals surface area contributed by atoms with Crippen LogP contribution in [-0.2, 0) is 14.3 Å². The third kappa shape index (κ3) is 2.63. The van der Waals surface area contributed by atoms with E-state index in [1.54, 1.807) is 6.92 Å². The van der Waals surface area contributed by atoms with E-state index in [2.05, 4.69) is 40.3 Å². The van der Waals surface area contributed by atoms with Crippen LogP contribution in [-0.4, -0.2) is 16.7 Å². The summed E-state index contributed by atoms with van der Waals surface area (Å²) in [5, 5.41) is -0.297. The van der Waals surface area contributed by atoms with Crippen molar-refractivity contribution in [2.75, 3.05) is 0 Å². The van der Waals surface area contributed by atoms with Gasteiger partial charge in [-0.3, -0.25) is 9.59 Å². The Morgan fingerprint density at radius 1 is 1.35 bits per heavy atom. The molecule has 116 valence electrons. The van der Waals surface area contributed by atoms with Crippen molar-refractivity contribution in [2.45, 2.75) is 72.3 Å². The highest BCUT2D eigenvalue weighted by Gasteiger charge is 2.62. The van der Waals surface area contributed by atoms with E-state index in [4.69, 9.17) is 4.74 Å². The summed E-state index contributed by atoms with van der Waals surface area (Å²) in [5.41, 5.74) is -1.38. The largest absolute Gasteiger partial charge is 0.449 e. The van der Waals surface area contributed by atoms with Gasteiger partial charge < -0.3 is 4.74 Å². The number of thiol groups is 1. The monoisotopic (exact) mass is 300 g/mol. The fourth-order valence-electron chi connectivity index (χ4n) is 3.84. The molecule has 4 unspecified atom stereocenters. The molecule has 1 aliphatic rings. The summed E-state index contributed by atoms with van der Waals surface area (Å²) in [6.07, 6.45) is 3.68. The van der Waals surface area contributed by atoms with Crippen molar-refractivity contribution >= 4 is 23.7 Å². The summed E-state index contributed by atoms with van der Waals surface area (Å²) in [4.78, 5) is 24.1. The molecule has 3 nitrogen and oxygen atoms in total. The molecule has 0 radical (unpaired) electrons. The standard InChI is InChI=1S/C16H28O3S/c1-6-11(4)12-9-10-16(14(18)20,15(12,5)8-3)19-13(17)7-2/h11-12H,6-10H2,1-5H3,(H,18,20). The van der Waals surface area contributed by atoms with Crippen molar-refractivity contribution in [1.29, 1.82) is 0 Å². The minimum absolute atomic E-state index is 0.288. The predicted molar refractivity (Wildman–Crippen MR) is 83.7 cm³/mol. The molecule has 0 aromatic heterocycles. The molecule has 1 saturated carbocycles. The van der Waals surface area contributed by atoms with Crippen LogP contribution in [0.1, 0.15) is 66.7 Å². The zero-order valence-corrected chi connectivity index (χ0v) is 14.3. The minimum Gasteiger partial charge on any atom is -0.449 e. The molecule has 0 amide bonds. The molecule has 20 heavy (non-hydrogen) atoms. The van der Waals surface area contributed by atoms with Crippen molar-refractivity contribution < 1.29 is 14.3 Å². The maximum absolute atomic E-state index is 12.2. The summed E-state index contributed by atoms with van der Waals surface area (Å²) < 4.78 is 5.68. The summed E-state index contributed by atoms with van der Waals surface area (Å²) >= 11 is 4.08. The van der Waals surface area contributed by atoms with Crippen molar-refractivity contribution in [3.63, 3.8) is 0 Å². The van der Waals surface area contributed by atoms with Gasteiger partial charge in [0.1, 0.15) is 0 Å². The van der Waals surface area contributed by atoms with E-state index in [0.717, 1.165) is 19.3 Å². The summed E-state index contributed by atoms with van der Waals surface area (Å²) in [6.45, 7) is 10.3. The smallest absolute Gasteiger partial charge is 0.306 e. The Labute approximate surface area is 128 Å². The van der Waals surface area contributed by atoms with E-state index in [1.165, 1.54) is 0 Å². The maximum Gasteiger partial charge on any atom is 0.306 e. The quantitative estimate of drug-likeness (QED) is 0.595. The molecule has 0 aromatic carbocycles. The molecule has 1 rings (SSSR count). The Kier molecular flexibility index (Phi) is 5.70. The molecule has 0 aromatic rings. The number of rotatable bonds is 6. The highest BCUT2D eigenvalue weighted by molar-refractivity contribution is 7.96. The van der Waals surface area contributed by atoms with Crippen LogP contribution in [0.15, 0.2) is 0 Å². The number of hydrogen-bond donors (Lipinski definition) is 1. The Balaban J connectivity index is 3.24. The molecule has 1 fully saturated rings. The minimum atomic E-state index is -1.05. The number of hydrogen-bond acceptors (Lipinski definition) is 3. The van der Waals surface area contributed by atoms with E-state index >= 15 is 0 Å². The SMILES string of the molecule is CCC(=O)OC1(C(=O)S)CCC(C(C)CC)C1(C)CC. The van der Waals surface area contributed by atoms with Crippen LogP contribution in [0.5, 0.6) is 0 Å². The molecule has 0 saturated heterocycles. The molecule has 1 aliphatic carbocycles. The zero-order chi connectivity index (χ0) is 15.6. The van der Waals surface area contributed by atoms with Gasteiger partial charge in [0.2, 0.25) is 5.12 Å². The number of esters is 1. The van der Waals surface area contributed by atoms with E-state index in [-0.39, 0.29) is 22.9 Å². The third-order valence-electron chi connectivity index (χ3n) is 5.54. The van der Waals surface area contributed by atoms with Gasteiger partial charge in [-0.05, 0) is 31.1 Å². The Morgan fingerprint density at radius 2 is 1.95 bits per heavy atom. The van der Waals surface area contributed by atoms with Gasteiger partial charge in [-0.2, -0.15) is 0 Å². The van der Waals surface area contributed by atoms with Crippen molar-refractivity contribution in [3.05, 3.63) is 0 Å². The van der Waals surface area contributed by atoms with Crippen LogP contribution < -0.4 is 0 Å². The first-order chi connectivity index (χ1) is 9.29. The first kappa shape index (κ1) is 17.5. The maximum atomic E-state index is 12.2. The average molecular weight is 300 g/mol. The van der Waals surface area contributed by atoms with Crippen molar-refractivity contribution in [3.8, 4) is 0 Å². The van der Waals surface area contributed by atoms with E-state index in [1.807, 2.05) is 0 Å². The highest BCUT2D eigenvalue weighted by atomic mass is 32.1. The summed E-state index contributed by atoms with van der Waals surface area (Å²) in [6, 6.07) is 0. The lowest BCUT2D eigenvalue weighted by molar-refractivity contribution is -0.178. The number of carbonyl (C=O) groups excluding carboxylic acids is 2. The Hall–Kier alpha value is -0.510. The van der Waals surface area contributed by atoms with E-state index < -0.39 is 5.60 Å². The molecule has 0 heterocycles. The highest BCUT2D eigenvalue weighted by Crippen LogP contribution is 2.58. The van der Waals surface area contributed by atoms with E-state index in [0.29, 0.717) is 18.3 Å². The van der Waals surface area contributed by atoms with Gasteiger partial charge in [0.05, 0.1) is 0 Å². The van der Waals surface area contributed by atoms with Crippen LogP contribution in [0.4, 0.5) is 0 Å². The van der Waals surface area contributed by atoms with Crippen molar-refractivity contribution in [2.24, 2.45) is 17.3 Å². The molecule has 4 heteroatoms. The lowest BCUT2D eigenvalue weighted by atomic mass is 9.65. The van der Waals surface area contributed by atoms with Gasteiger partial charge in [-0.1, -0.05) is 41.0 Å². The number of ether oxygens (including phenoxy) is 1. The molecule has 0 N–H and O–H groups in total. The lowest BCUT2D eigenvalue weighted by Gasteiger charge is -2.45. The van der Waals surface area contributed by atoms with Gasteiger partial charge in [0.15, 0.2) is 5.60 Å². The fraction of sp³-hybridized carbons (Fsp3) is 0.875. The van der Waals surface area contributed by atoms with Crippen LogP contribution >= 0.6 is 12.6 Å². The van der Waals surface area contributed by atoms with Crippen LogP contribution in [0, 0.1) is 17.3 Å². The Morgan fingerprint density at radius 3 is 2.35 bits per heavy atom. The van der Waals surface area contributed by atoms with Crippen LogP contribution in [0.25, 0.3) is 0 Å². The van der Waals surface area contributed by atoms with E-state index in [9.17, 15) is 9.59 Å². The first-order valence-electron chi connectivity index (χ1n) is 7.74. The molecule has 0 bridgehead atoms. The van der Waals surface area contributed by atoms with Crippen LogP contribution in [0.2, 0.25) is 0 Å². The molecular formula is C16H28O3S. The lowest BCUT2D eigenvalue weighted by Crippen LogP contribution is -2.53. The predicted octanol–water partition coefficient (Wildman–Crippen LogP) is 4.01. The first-order valence-corrected chi connectivity index (χ1v) is 8.19. The van der Waals surface area contributed by atoms with Gasteiger partial charge in [0, 0.05) is 11.8 Å². The molecule has 0 aliphatic heterocycles. The summed E-state index contributed by atoms with van der Waals surface area (Å²) in [7, 11) is 0. The molecular weight excluding hydrogens is 272 g/mol. The zero-order valence-electron chi connectivity index (χ0n) is 13.4. The van der Waals surface area contributed by atoms with Gasteiger partial charge in [0.25, 0.3) is 0 Å². The second kappa shape index (κ2) is 6.50. The van der Waals surface area contributed by atoms with Crippen molar-refractivity contribution in [1.82, 2.24) is 0 Å². The average Bonchev–Trinajstić information content (AvgIpc) is 2.73. The third-order valence-corrected chi connectivity index (χ3v) is 5.90. The van der Waals surface area contributed by atoms with Gasteiger partial charge in [-0.25, -0.2) is 0 Å². The summed E-state index contributed by atoms with van der Waals surface area (Å²) in [5.74, 6) is 0.588. The molecule has 4 atom stereocenters. The normalized spacial score (nSPS) is 34.8. The van der Waals surface area contributed by atoms with Gasteiger partial charge in [-0.15, -0.1) is 12.6 Å². The fourth-order valence-corrected chi connectivity index (χ4v) is 4.25. The molecule has 0 spiro atoms. The van der Waals surface area contributed by atoms with Gasteiger partial charge >= 0.3 is 5.97 Å². The van der Waals surface area contributed by atoms with Crippen LogP contribution in [0.3, 0.4) is 0 Å². The topological polar surface area (TPSA) is 43.4 Å². The Bertz CT molecular complexity index is 382.